The van der Waals surface area contributed by atoms with Crippen molar-refractivity contribution < 1.29 is 9.53 Å². The van der Waals surface area contributed by atoms with Gasteiger partial charge < -0.3 is 15.4 Å². The molecule has 2 aliphatic rings. The molecular formula is C13H25ClN2O2. The minimum Gasteiger partial charge on any atom is -0.368 e. The minimum absolute atomic E-state index is 0. The predicted octanol–water partition coefficient (Wildman–Crippen LogP) is 1.48. The van der Waals surface area contributed by atoms with Crippen molar-refractivity contribution in [3.05, 3.63) is 0 Å². The molecule has 2 N–H and O–H groups in total. The Morgan fingerprint density at radius 3 is 2.83 bits per heavy atom. The zero-order valence-electron chi connectivity index (χ0n) is 11.3. The van der Waals surface area contributed by atoms with Gasteiger partial charge in [-0.2, -0.15) is 0 Å². The molecule has 0 aromatic heterocycles. The van der Waals surface area contributed by atoms with Gasteiger partial charge in [-0.3, -0.25) is 4.79 Å². The molecule has 5 heteroatoms. The number of hydrogen-bond acceptors (Lipinski definition) is 3. The topological polar surface area (TPSA) is 50.4 Å². The lowest BCUT2D eigenvalue weighted by Crippen LogP contribution is -2.53. The number of amides is 1. The lowest BCUT2D eigenvalue weighted by Gasteiger charge is -2.39. The van der Waals surface area contributed by atoms with Gasteiger partial charge in [0.2, 0.25) is 5.91 Å². The summed E-state index contributed by atoms with van der Waals surface area (Å²) in [6, 6.07) is 0.376. The lowest BCUT2D eigenvalue weighted by atomic mass is 9.77. The lowest BCUT2D eigenvalue weighted by molar-refractivity contribution is -0.130. The molecule has 0 aromatic rings. The summed E-state index contributed by atoms with van der Waals surface area (Å²) in [6.45, 7) is 7.03. The second kappa shape index (κ2) is 6.73. The average Bonchev–Trinajstić information content (AvgIpc) is 2.80. The molecule has 106 valence electrons. The molecule has 0 spiro atoms. The van der Waals surface area contributed by atoms with E-state index in [0.29, 0.717) is 12.6 Å². The number of hydrogen-bond donors (Lipinski definition) is 2. The summed E-state index contributed by atoms with van der Waals surface area (Å²) < 4.78 is 5.37. The first-order valence-corrected chi connectivity index (χ1v) is 6.72. The summed E-state index contributed by atoms with van der Waals surface area (Å²) in [5, 5.41) is 6.52. The molecule has 2 rings (SSSR count). The van der Waals surface area contributed by atoms with E-state index in [4.69, 9.17) is 4.74 Å². The Balaban J connectivity index is 0.00000162. The maximum atomic E-state index is 11.8. The maximum Gasteiger partial charge on any atom is 0.249 e. The predicted molar refractivity (Wildman–Crippen MR) is 74.0 cm³/mol. The molecular weight excluding hydrogens is 252 g/mol. The highest BCUT2D eigenvalue weighted by Gasteiger charge is 2.33. The largest absolute Gasteiger partial charge is 0.368 e. The van der Waals surface area contributed by atoms with Crippen LogP contribution in [0.15, 0.2) is 0 Å². The maximum absolute atomic E-state index is 11.8. The van der Waals surface area contributed by atoms with Crippen molar-refractivity contribution >= 4 is 18.3 Å². The smallest absolute Gasteiger partial charge is 0.249 e. The van der Waals surface area contributed by atoms with Crippen molar-refractivity contribution in [2.75, 3.05) is 19.7 Å². The van der Waals surface area contributed by atoms with Gasteiger partial charge in [-0.25, -0.2) is 0 Å². The van der Waals surface area contributed by atoms with Crippen molar-refractivity contribution in [1.29, 1.82) is 0 Å². The van der Waals surface area contributed by atoms with E-state index in [1.807, 2.05) is 0 Å². The van der Waals surface area contributed by atoms with Crippen molar-refractivity contribution in [3.8, 4) is 0 Å². The molecule has 2 atom stereocenters. The van der Waals surface area contributed by atoms with E-state index in [-0.39, 0.29) is 29.8 Å². The summed E-state index contributed by atoms with van der Waals surface area (Å²) in [5.74, 6) is 0.0608. The molecule has 18 heavy (non-hydrogen) atoms. The van der Waals surface area contributed by atoms with Gasteiger partial charge in [-0.1, -0.05) is 13.8 Å². The van der Waals surface area contributed by atoms with Gasteiger partial charge in [0.05, 0.1) is 0 Å². The molecule has 1 amide bonds. The average molecular weight is 277 g/mol. The van der Waals surface area contributed by atoms with Crippen LogP contribution in [-0.4, -0.2) is 37.7 Å². The molecule has 2 heterocycles. The third kappa shape index (κ3) is 3.84. The Morgan fingerprint density at radius 1 is 1.44 bits per heavy atom. The van der Waals surface area contributed by atoms with E-state index < -0.39 is 0 Å². The second-order valence-electron chi connectivity index (χ2n) is 5.85. The van der Waals surface area contributed by atoms with Crippen LogP contribution in [0, 0.1) is 5.41 Å². The highest BCUT2D eigenvalue weighted by Crippen LogP contribution is 2.29. The minimum atomic E-state index is -0.207. The van der Waals surface area contributed by atoms with Gasteiger partial charge in [-0.15, -0.1) is 12.4 Å². The zero-order chi connectivity index (χ0) is 12.3. The number of ether oxygens (including phenoxy) is 1. The van der Waals surface area contributed by atoms with E-state index >= 15 is 0 Å². The molecule has 2 aliphatic heterocycles. The quantitative estimate of drug-likeness (QED) is 0.821. The molecule has 2 fully saturated rings. The number of carbonyl (C=O) groups excluding carboxylic acids is 1. The first kappa shape index (κ1) is 15.7. The van der Waals surface area contributed by atoms with Crippen LogP contribution in [0.1, 0.15) is 39.5 Å². The SMILES string of the molecule is CC1(C)CCCNC1CNC(=O)C1CCCO1.Cl. The fourth-order valence-corrected chi connectivity index (χ4v) is 2.72. The van der Waals surface area contributed by atoms with E-state index in [9.17, 15) is 4.79 Å². The van der Waals surface area contributed by atoms with Crippen LogP contribution in [-0.2, 0) is 9.53 Å². The summed E-state index contributed by atoms with van der Waals surface area (Å²) in [4.78, 5) is 11.8. The Kier molecular flexibility index (Phi) is 5.89. The summed E-state index contributed by atoms with van der Waals surface area (Å²) in [6.07, 6.45) is 4.11. The third-order valence-corrected chi connectivity index (χ3v) is 4.03. The standard InChI is InChI=1S/C13H24N2O2.ClH/c1-13(2)6-4-7-14-11(13)9-15-12(16)10-5-3-8-17-10;/h10-11,14H,3-9H2,1-2H3,(H,15,16);1H. The van der Waals surface area contributed by atoms with Gasteiger partial charge in [0, 0.05) is 19.2 Å². The van der Waals surface area contributed by atoms with Crippen molar-refractivity contribution in [2.24, 2.45) is 5.41 Å². The summed E-state index contributed by atoms with van der Waals surface area (Å²) in [5.41, 5.74) is 0.266. The Labute approximate surface area is 116 Å². The van der Waals surface area contributed by atoms with Gasteiger partial charge in [0.1, 0.15) is 6.10 Å². The molecule has 0 aliphatic carbocycles. The van der Waals surface area contributed by atoms with Crippen molar-refractivity contribution in [2.45, 2.75) is 51.7 Å². The van der Waals surface area contributed by atoms with Crippen molar-refractivity contribution in [1.82, 2.24) is 10.6 Å². The van der Waals surface area contributed by atoms with E-state index in [1.165, 1.54) is 12.8 Å². The third-order valence-electron chi connectivity index (χ3n) is 4.03. The van der Waals surface area contributed by atoms with Gasteiger partial charge in [-0.05, 0) is 37.6 Å². The second-order valence-corrected chi connectivity index (χ2v) is 5.85. The van der Waals surface area contributed by atoms with Gasteiger partial charge in [0.25, 0.3) is 0 Å². The number of piperidine rings is 1. The van der Waals surface area contributed by atoms with Crippen LogP contribution in [0.3, 0.4) is 0 Å². The van der Waals surface area contributed by atoms with Crippen LogP contribution >= 0.6 is 12.4 Å². The zero-order valence-corrected chi connectivity index (χ0v) is 12.1. The molecule has 4 nitrogen and oxygen atoms in total. The molecule has 0 saturated carbocycles. The van der Waals surface area contributed by atoms with Gasteiger partial charge in [0.15, 0.2) is 0 Å². The molecule has 0 bridgehead atoms. The fraction of sp³-hybridized carbons (Fsp3) is 0.923. The Bertz CT molecular complexity index is 278. The normalized spacial score (nSPS) is 30.6. The highest BCUT2D eigenvalue weighted by molar-refractivity contribution is 5.85. The van der Waals surface area contributed by atoms with Crippen molar-refractivity contribution in [3.63, 3.8) is 0 Å². The number of halogens is 1. The Morgan fingerprint density at radius 2 is 2.22 bits per heavy atom. The molecule has 2 unspecified atom stereocenters. The summed E-state index contributed by atoms with van der Waals surface area (Å²) >= 11 is 0. The first-order chi connectivity index (χ1) is 8.09. The number of nitrogens with one attached hydrogen (secondary N) is 2. The monoisotopic (exact) mass is 276 g/mol. The van der Waals surface area contributed by atoms with E-state index in [1.54, 1.807) is 0 Å². The highest BCUT2D eigenvalue weighted by atomic mass is 35.5. The van der Waals surface area contributed by atoms with E-state index in [0.717, 1.165) is 26.0 Å². The number of carbonyl (C=O) groups is 1. The van der Waals surface area contributed by atoms with Crippen LogP contribution in [0.4, 0.5) is 0 Å². The molecule has 2 saturated heterocycles. The fourth-order valence-electron chi connectivity index (χ4n) is 2.72. The van der Waals surface area contributed by atoms with Crippen LogP contribution < -0.4 is 10.6 Å². The molecule has 0 radical (unpaired) electrons. The number of rotatable bonds is 3. The van der Waals surface area contributed by atoms with Crippen LogP contribution in [0.25, 0.3) is 0 Å². The van der Waals surface area contributed by atoms with Crippen LogP contribution in [0.5, 0.6) is 0 Å². The Hall–Kier alpha value is -0.320. The first-order valence-electron chi connectivity index (χ1n) is 6.72. The summed E-state index contributed by atoms with van der Waals surface area (Å²) in [7, 11) is 0. The van der Waals surface area contributed by atoms with E-state index in [2.05, 4.69) is 24.5 Å². The van der Waals surface area contributed by atoms with Crippen LogP contribution in [0.2, 0.25) is 0 Å². The molecule has 0 aromatic carbocycles. The van der Waals surface area contributed by atoms with Gasteiger partial charge >= 0.3 is 0 Å².